The van der Waals surface area contributed by atoms with Gasteiger partial charge in [-0.1, -0.05) is 29.8 Å². The molecule has 0 unspecified atom stereocenters. The number of halogens is 1. The van der Waals surface area contributed by atoms with E-state index in [-0.39, 0.29) is 18.4 Å². The first kappa shape index (κ1) is 15.0. The first-order chi connectivity index (χ1) is 9.47. The zero-order valence-corrected chi connectivity index (χ0v) is 13.4. The number of anilines is 1. The zero-order chi connectivity index (χ0) is 14.7. The third-order valence-electron chi connectivity index (χ3n) is 3.25. The highest BCUT2D eigenvalue weighted by Crippen LogP contribution is 2.30. The molecule has 0 bridgehead atoms. The lowest BCUT2D eigenvalue weighted by atomic mass is 10.0. The molecule has 2 rings (SSSR count). The van der Waals surface area contributed by atoms with Gasteiger partial charge in [-0.05, 0) is 36.1 Å². The van der Waals surface area contributed by atoms with Gasteiger partial charge in [0.1, 0.15) is 6.54 Å². The van der Waals surface area contributed by atoms with Crippen LogP contribution in [0.3, 0.4) is 0 Å². The Morgan fingerprint density at radius 3 is 2.85 bits per heavy atom. The molecule has 1 N–H and O–H groups in total. The van der Waals surface area contributed by atoms with Gasteiger partial charge in [0.25, 0.3) is 0 Å². The number of carbonyl (C=O) groups excluding carboxylic acids is 2. The topological polar surface area (TPSA) is 49.4 Å². The summed E-state index contributed by atoms with van der Waals surface area (Å²) < 4.78 is 0.995. The van der Waals surface area contributed by atoms with Crippen LogP contribution >= 0.6 is 15.9 Å². The highest BCUT2D eigenvalue weighted by molar-refractivity contribution is 9.10. The van der Waals surface area contributed by atoms with Gasteiger partial charge in [-0.2, -0.15) is 0 Å². The Kier molecular flexibility index (Phi) is 4.81. The standard InChI is InChI=1S/C15H19BrN2O2/c1-10(2)8-17-14(19)9-18-13-5-4-12(16)7-11(13)3-6-15(18)20/h4-5,7,10H,3,6,8-9H2,1-2H3,(H,17,19). The van der Waals surface area contributed by atoms with Crippen molar-refractivity contribution in [3.05, 3.63) is 28.2 Å². The molecule has 0 saturated heterocycles. The number of aryl methyl sites for hydroxylation is 1. The maximum absolute atomic E-state index is 12.0. The van der Waals surface area contributed by atoms with E-state index in [0.29, 0.717) is 18.9 Å². The molecule has 0 atom stereocenters. The van der Waals surface area contributed by atoms with Gasteiger partial charge >= 0.3 is 0 Å². The highest BCUT2D eigenvalue weighted by atomic mass is 79.9. The molecule has 5 heteroatoms. The van der Waals surface area contributed by atoms with Gasteiger partial charge in [0.15, 0.2) is 0 Å². The van der Waals surface area contributed by atoms with Crippen molar-refractivity contribution in [3.63, 3.8) is 0 Å². The number of benzene rings is 1. The second-order valence-electron chi connectivity index (χ2n) is 5.45. The molecule has 4 nitrogen and oxygen atoms in total. The molecule has 0 aliphatic carbocycles. The summed E-state index contributed by atoms with van der Waals surface area (Å²) in [5.74, 6) is 0.307. The van der Waals surface area contributed by atoms with Gasteiger partial charge in [-0.15, -0.1) is 0 Å². The minimum Gasteiger partial charge on any atom is -0.354 e. The van der Waals surface area contributed by atoms with Crippen LogP contribution in [0.5, 0.6) is 0 Å². The van der Waals surface area contributed by atoms with Crippen molar-refractivity contribution in [1.82, 2.24) is 5.32 Å². The van der Waals surface area contributed by atoms with Crippen molar-refractivity contribution in [3.8, 4) is 0 Å². The van der Waals surface area contributed by atoms with E-state index in [2.05, 4.69) is 21.2 Å². The smallest absolute Gasteiger partial charge is 0.240 e. The van der Waals surface area contributed by atoms with Crippen molar-refractivity contribution in [2.45, 2.75) is 26.7 Å². The predicted molar refractivity (Wildman–Crippen MR) is 82.7 cm³/mol. The number of nitrogens with zero attached hydrogens (tertiary/aromatic N) is 1. The first-order valence-electron chi connectivity index (χ1n) is 6.83. The van der Waals surface area contributed by atoms with Crippen molar-refractivity contribution in [2.75, 3.05) is 18.0 Å². The monoisotopic (exact) mass is 338 g/mol. The number of hydrogen-bond donors (Lipinski definition) is 1. The van der Waals surface area contributed by atoms with Crippen LogP contribution in [0.15, 0.2) is 22.7 Å². The van der Waals surface area contributed by atoms with Crippen LogP contribution in [0.25, 0.3) is 0 Å². The Bertz CT molecular complexity index is 529. The summed E-state index contributed by atoms with van der Waals surface area (Å²) in [7, 11) is 0. The Morgan fingerprint density at radius 2 is 2.15 bits per heavy atom. The first-order valence-corrected chi connectivity index (χ1v) is 7.62. The molecule has 1 aromatic carbocycles. The summed E-state index contributed by atoms with van der Waals surface area (Å²) >= 11 is 3.43. The fraction of sp³-hybridized carbons (Fsp3) is 0.467. The molecule has 0 spiro atoms. The van der Waals surface area contributed by atoms with Gasteiger partial charge in [0.05, 0.1) is 0 Å². The molecule has 2 amide bonds. The van der Waals surface area contributed by atoms with Crippen LogP contribution < -0.4 is 10.2 Å². The Hall–Kier alpha value is -1.36. The summed E-state index contributed by atoms with van der Waals surface area (Å²) in [4.78, 5) is 25.6. The maximum atomic E-state index is 12.0. The Labute approximate surface area is 127 Å². The largest absolute Gasteiger partial charge is 0.354 e. The third-order valence-corrected chi connectivity index (χ3v) is 3.74. The van der Waals surface area contributed by atoms with Crippen LogP contribution in [0.2, 0.25) is 0 Å². The fourth-order valence-electron chi connectivity index (χ4n) is 2.22. The van der Waals surface area contributed by atoms with E-state index in [9.17, 15) is 9.59 Å². The number of nitrogens with one attached hydrogen (secondary N) is 1. The van der Waals surface area contributed by atoms with Crippen LogP contribution in [0.4, 0.5) is 5.69 Å². The van der Waals surface area contributed by atoms with Gasteiger partial charge in [0.2, 0.25) is 11.8 Å². The molecule has 20 heavy (non-hydrogen) atoms. The summed E-state index contributed by atoms with van der Waals surface area (Å²) in [6.07, 6.45) is 1.19. The molecule has 1 aliphatic heterocycles. The van der Waals surface area contributed by atoms with Crippen molar-refractivity contribution in [2.24, 2.45) is 5.92 Å². The summed E-state index contributed by atoms with van der Waals surface area (Å²) in [6.45, 7) is 4.81. The molecule has 0 fully saturated rings. The van der Waals surface area contributed by atoms with Crippen molar-refractivity contribution in [1.29, 1.82) is 0 Å². The number of fused-ring (bicyclic) bond motifs is 1. The van der Waals surface area contributed by atoms with Gasteiger partial charge in [0, 0.05) is 23.1 Å². The lowest BCUT2D eigenvalue weighted by molar-refractivity contribution is -0.124. The Balaban J connectivity index is 2.11. The molecular weight excluding hydrogens is 320 g/mol. The van der Waals surface area contributed by atoms with E-state index < -0.39 is 0 Å². The number of rotatable bonds is 4. The second-order valence-corrected chi connectivity index (χ2v) is 6.37. The minimum atomic E-state index is -0.109. The predicted octanol–water partition coefficient (Wildman–Crippen LogP) is 2.50. The average Bonchev–Trinajstić information content (AvgIpc) is 2.39. The van der Waals surface area contributed by atoms with Crippen LogP contribution in [-0.2, 0) is 16.0 Å². The SMILES string of the molecule is CC(C)CNC(=O)CN1C(=O)CCc2cc(Br)ccc21. The van der Waals surface area contributed by atoms with Crippen LogP contribution in [0, 0.1) is 5.92 Å². The van der Waals surface area contributed by atoms with Crippen LogP contribution in [0.1, 0.15) is 25.8 Å². The zero-order valence-electron chi connectivity index (χ0n) is 11.8. The van der Waals surface area contributed by atoms with E-state index in [1.807, 2.05) is 32.0 Å². The van der Waals surface area contributed by atoms with E-state index >= 15 is 0 Å². The third kappa shape index (κ3) is 3.60. The molecule has 1 aliphatic rings. The molecular formula is C15H19BrN2O2. The van der Waals surface area contributed by atoms with E-state index in [0.717, 1.165) is 22.1 Å². The highest BCUT2D eigenvalue weighted by Gasteiger charge is 2.25. The Morgan fingerprint density at radius 1 is 1.40 bits per heavy atom. The van der Waals surface area contributed by atoms with Gasteiger partial charge in [-0.25, -0.2) is 0 Å². The summed E-state index contributed by atoms with van der Waals surface area (Å²) in [5.41, 5.74) is 1.96. The summed E-state index contributed by atoms with van der Waals surface area (Å²) in [5, 5.41) is 2.85. The minimum absolute atomic E-state index is 0.0134. The molecule has 0 aromatic heterocycles. The maximum Gasteiger partial charge on any atom is 0.240 e. The quantitative estimate of drug-likeness (QED) is 0.916. The van der Waals surface area contributed by atoms with Gasteiger partial charge < -0.3 is 10.2 Å². The molecule has 108 valence electrons. The second kappa shape index (κ2) is 6.39. The number of amides is 2. The average molecular weight is 339 g/mol. The lowest BCUT2D eigenvalue weighted by Gasteiger charge is -2.29. The van der Waals surface area contributed by atoms with Crippen LogP contribution in [-0.4, -0.2) is 24.9 Å². The van der Waals surface area contributed by atoms with Crippen molar-refractivity contribution < 1.29 is 9.59 Å². The molecule has 1 heterocycles. The van der Waals surface area contributed by atoms with E-state index in [4.69, 9.17) is 0 Å². The molecule has 0 saturated carbocycles. The summed E-state index contributed by atoms with van der Waals surface area (Å²) in [6, 6.07) is 5.81. The lowest BCUT2D eigenvalue weighted by Crippen LogP contribution is -2.43. The van der Waals surface area contributed by atoms with Gasteiger partial charge in [-0.3, -0.25) is 9.59 Å². The van der Waals surface area contributed by atoms with E-state index in [1.54, 1.807) is 4.90 Å². The number of hydrogen-bond acceptors (Lipinski definition) is 2. The molecule has 1 aromatic rings. The number of carbonyl (C=O) groups is 2. The molecule has 0 radical (unpaired) electrons. The van der Waals surface area contributed by atoms with Crippen molar-refractivity contribution >= 4 is 33.4 Å². The fourth-order valence-corrected chi connectivity index (χ4v) is 2.63. The van der Waals surface area contributed by atoms with E-state index in [1.165, 1.54) is 0 Å². The normalized spacial score (nSPS) is 14.4.